The van der Waals surface area contributed by atoms with Crippen LogP contribution in [0.4, 0.5) is 0 Å². The molecule has 1 heterocycles. The molecule has 0 radical (unpaired) electrons. The lowest BCUT2D eigenvalue weighted by Gasteiger charge is -2.23. The number of carboxylic acid groups (broad SMARTS) is 1. The predicted molar refractivity (Wildman–Crippen MR) is 82.3 cm³/mol. The van der Waals surface area contributed by atoms with Gasteiger partial charge >= 0.3 is 5.97 Å². The molecule has 21 heavy (non-hydrogen) atoms. The van der Waals surface area contributed by atoms with E-state index in [0.29, 0.717) is 11.5 Å². The van der Waals surface area contributed by atoms with Crippen LogP contribution in [-0.2, 0) is 4.79 Å². The van der Waals surface area contributed by atoms with E-state index in [4.69, 9.17) is 5.11 Å². The number of rotatable bonds is 5. The maximum absolute atomic E-state index is 12.4. The fourth-order valence-electron chi connectivity index (χ4n) is 3.04. The van der Waals surface area contributed by atoms with Gasteiger partial charge in [-0.25, -0.2) is 4.68 Å². The summed E-state index contributed by atoms with van der Waals surface area (Å²) in [5.74, 6) is -1.16. The minimum atomic E-state index is -0.972. The second-order valence-corrected chi connectivity index (χ2v) is 6.01. The molecule has 2 rings (SSSR count). The van der Waals surface area contributed by atoms with Gasteiger partial charge in [0.05, 0.1) is 5.92 Å². The molecule has 1 aliphatic rings. The zero-order chi connectivity index (χ0) is 15.4. The number of aryl methyl sites for hydroxylation is 1. The average Bonchev–Trinajstić information content (AvgIpc) is 2.47. The van der Waals surface area contributed by atoms with Crippen LogP contribution in [0.15, 0.2) is 17.1 Å². The number of pyridine rings is 1. The summed E-state index contributed by atoms with van der Waals surface area (Å²) in [5, 5.41) is 9.14. The lowest BCUT2D eigenvalue weighted by molar-refractivity contribution is -0.138. The van der Waals surface area contributed by atoms with Gasteiger partial charge in [-0.3, -0.25) is 9.59 Å². The Bertz CT molecular complexity index is 559. The minimum Gasteiger partial charge on any atom is -0.481 e. The number of carboxylic acids is 1. The molecule has 116 valence electrons. The summed E-state index contributed by atoms with van der Waals surface area (Å²) in [6.07, 6.45) is 7.92. The van der Waals surface area contributed by atoms with Gasteiger partial charge in [0.2, 0.25) is 0 Å². The van der Waals surface area contributed by atoms with Gasteiger partial charge < -0.3 is 10.5 Å². The fraction of sp³-hybridized carbons (Fsp3) is 0.625. The van der Waals surface area contributed by atoms with E-state index in [9.17, 15) is 9.59 Å². The highest BCUT2D eigenvalue weighted by molar-refractivity contribution is 5.75. The van der Waals surface area contributed by atoms with Gasteiger partial charge in [-0.2, -0.15) is 0 Å². The summed E-state index contributed by atoms with van der Waals surface area (Å²) in [5.41, 5.74) is 4.00. The van der Waals surface area contributed by atoms with E-state index in [1.807, 2.05) is 0 Å². The van der Waals surface area contributed by atoms with Crippen molar-refractivity contribution < 1.29 is 9.90 Å². The Balaban J connectivity index is 2.15. The molecular weight excluding hydrogens is 268 g/mol. The zero-order valence-electron chi connectivity index (χ0n) is 12.8. The molecule has 5 nitrogen and oxygen atoms in total. The van der Waals surface area contributed by atoms with Crippen molar-refractivity contribution in [3.05, 3.63) is 33.7 Å². The molecule has 1 unspecified atom stereocenters. The largest absolute Gasteiger partial charge is 0.481 e. The molecule has 0 aliphatic heterocycles. The molecule has 1 atom stereocenters. The molecule has 0 amide bonds. The Kier molecular flexibility index (Phi) is 5.04. The molecule has 1 aromatic heterocycles. The summed E-state index contributed by atoms with van der Waals surface area (Å²) in [6.45, 7) is 4.10. The number of nitrogens with one attached hydrogen (secondary N) is 1. The van der Waals surface area contributed by atoms with Crippen molar-refractivity contribution in [2.45, 2.75) is 51.9 Å². The summed E-state index contributed by atoms with van der Waals surface area (Å²) < 4.78 is 1.44. The van der Waals surface area contributed by atoms with Crippen LogP contribution in [0.25, 0.3) is 0 Å². The van der Waals surface area contributed by atoms with Gasteiger partial charge in [0.1, 0.15) is 0 Å². The second-order valence-electron chi connectivity index (χ2n) is 6.01. The minimum absolute atomic E-state index is 0.249. The standard InChI is InChI=1S/C16H24N2O3/c1-11-8-9-18(15(19)14(11)12(2)16(20)21)17-10-13-6-4-3-5-7-13/h8-9,12-13,17H,3-7,10H2,1-2H3,(H,20,21). The number of aromatic nitrogens is 1. The Labute approximate surface area is 125 Å². The normalized spacial score (nSPS) is 17.4. The number of carbonyl (C=O) groups is 1. The molecule has 1 saturated carbocycles. The number of aliphatic carboxylic acids is 1. The highest BCUT2D eigenvalue weighted by Crippen LogP contribution is 2.23. The van der Waals surface area contributed by atoms with Gasteiger partial charge in [0.25, 0.3) is 5.56 Å². The van der Waals surface area contributed by atoms with Gasteiger partial charge in [-0.1, -0.05) is 19.3 Å². The van der Waals surface area contributed by atoms with E-state index in [1.165, 1.54) is 36.8 Å². The first-order chi connectivity index (χ1) is 10.0. The summed E-state index contributed by atoms with van der Waals surface area (Å²) in [7, 11) is 0. The third kappa shape index (κ3) is 3.65. The van der Waals surface area contributed by atoms with Crippen LogP contribution in [0, 0.1) is 12.8 Å². The molecule has 0 aromatic carbocycles. The molecule has 5 heteroatoms. The Morgan fingerprint density at radius 1 is 1.43 bits per heavy atom. The first-order valence-corrected chi connectivity index (χ1v) is 7.69. The van der Waals surface area contributed by atoms with Crippen LogP contribution >= 0.6 is 0 Å². The fourth-order valence-corrected chi connectivity index (χ4v) is 3.04. The Morgan fingerprint density at radius 2 is 2.10 bits per heavy atom. The molecule has 1 fully saturated rings. The van der Waals surface area contributed by atoms with Crippen LogP contribution < -0.4 is 11.0 Å². The Morgan fingerprint density at radius 3 is 2.71 bits per heavy atom. The quantitative estimate of drug-likeness (QED) is 0.874. The van der Waals surface area contributed by atoms with Crippen molar-refractivity contribution in [1.29, 1.82) is 0 Å². The topological polar surface area (TPSA) is 71.3 Å². The van der Waals surface area contributed by atoms with Crippen LogP contribution in [0.5, 0.6) is 0 Å². The SMILES string of the molecule is Cc1ccn(NCC2CCCCC2)c(=O)c1C(C)C(=O)O. The van der Waals surface area contributed by atoms with Crippen LogP contribution in [0.2, 0.25) is 0 Å². The molecular formula is C16H24N2O3. The monoisotopic (exact) mass is 292 g/mol. The molecule has 0 spiro atoms. The Hall–Kier alpha value is -1.78. The first-order valence-electron chi connectivity index (χ1n) is 7.69. The zero-order valence-corrected chi connectivity index (χ0v) is 12.8. The van der Waals surface area contributed by atoms with Crippen molar-refractivity contribution in [2.24, 2.45) is 5.92 Å². The van der Waals surface area contributed by atoms with E-state index in [0.717, 1.165) is 12.1 Å². The summed E-state index contributed by atoms with van der Waals surface area (Å²) in [6, 6.07) is 1.80. The molecule has 1 aliphatic carbocycles. The van der Waals surface area contributed by atoms with E-state index in [1.54, 1.807) is 26.1 Å². The summed E-state index contributed by atoms with van der Waals surface area (Å²) in [4.78, 5) is 23.6. The van der Waals surface area contributed by atoms with Crippen LogP contribution in [-0.4, -0.2) is 22.3 Å². The highest BCUT2D eigenvalue weighted by atomic mass is 16.4. The molecule has 0 bridgehead atoms. The van der Waals surface area contributed by atoms with E-state index in [2.05, 4.69) is 5.43 Å². The van der Waals surface area contributed by atoms with Gasteiger partial charge in [-0.15, -0.1) is 0 Å². The van der Waals surface area contributed by atoms with E-state index >= 15 is 0 Å². The van der Waals surface area contributed by atoms with Crippen LogP contribution in [0.3, 0.4) is 0 Å². The van der Waals surface area contributed by atoms with Gasteiger partial charge in [0, 0.05) is 18.3 Å². The lowest BCUT2D eigenvalue weighted by atomic mass is 9.89. The van der Waals surface area contributed by atoms with Crippen molar-refractivity contribution >= 4 is 5.97 Å². The highest BCUT2D eigenvalue weighted by Gasteiger charge is 2.21. The molecule has 0 saturated heterocycles. The van der Waals surface area contributed by atoms with Crippen LogP contribution in [0.1, 0.15) is 56.1 Å². The maximum atomic E-state index is 12.4. The number of nitrogens with zero attached hydrogens (tertiary/aromatic N) is 1. The third-order valence-electron chi connectivity index (χ3n) is 4.43. The maximum Gasteiger partial charge on any atom is 0.310 e. The van der Waals surface area contributed by atoms with Crippen molar-refractivity contribution in [3.8, 4) is 0 Å². The summed E-state index contributed by atoms with van der Waals surface area (Å²) >= 11 is 0. The number of hydrogen-bond donors (Lipinski definition) is 2. The van der Waals surface area contributed by atoms with Gasteiger partial charge in [0.15, 0.2) is 0 Å². The lowest BCUT2D eigenvalue weighted by Crippen LogP contribution is -2.35. The first kappa shape index (κ1) is 15.6. The molecule has 2 N–H and O–H groups in total. The van der Waals surface area contributed by atoms with Crippen molar-refractivity contribution in [3.63, 3.8) is 0 Å². The smallest absolute Gasteiger partial charge is 0.310 e. The molecule has 1 aromatic rings. The third-order valence-corrected chi connectivity index (χ3v) is 4.43. The second kappa shape index (κ2) is 6.78. The van der Waals surface area contributed by atoms with Gasteiger partial charge in [-0.05, 0) is 44.2 Å². The van der Waals surface area contributed by atoms with E-state index < -0.39 is 11.9 Å². The van der Waals surface area contributed by atoms with Crippen molar-refractivity contribution in [1.82, 2.24) is 4.68 Å². The average molecular weight is 292 g/mol. The predicted octanol–water partition coefficient (Wildman–Crippen LogP) is 2.47. The van der Waals surface area contributed by atoms with Crippen molar-refractivity contribution in [2.75, 3.05) is 12.0 Å². The number of hydrogen-bond acceptors (Lipinski definition) is 3. The van der Waals surface area contributed by atoms with E-state index in [-0.39, 0.29) is 5.56 Å².